The van der Waals surface area contributed by atoms with E-state index < -0.39 is 0 Å². The second-order valence-corrected chi connectivity index (χ2v) is 4.66. The molecule has 104 valence electrons. The van der Waals surface area contributed by atoms with Gasteiger partial charge in [0.1, 0.15) is 5.69 Å². The maximum atomic E-state index is 5.71. The highest BCUT2D eigenvalue weighted by Crippen LogP contribution is 2.17. The lowest BCUT2D eigenvalue weighted by atomic mass is 10.1. The van der Waals surface area contributed by atoms with Gasteiger partial charge < -0.3 is 5.73 Å². The lowest BCUT2D eigenvalue weighted by molar-refractivity contribution is 0.626. The molecule has 19 heavy (non-hydrogen) atoms. The maximum Gasteiger partial charge on any atom is 0.104 e. The topological polar surface area (TPSA) is 74.5 Å². The van der Waals surface area contributed by atoms with Gasteiger partial charge in [0.15, 0.2) is 0 Å². The van der Waals surface area contributed by atoms with Crippen LogP contribution in [0.1, 0.15) is 36.5 Å². The fourth-order valence-corrected chi connectivity index (χ4v) is 2.45. The Labute approximate surface area is 113 Å². The molecule has 0 unspecified atom stereocenters. The highest BCUT2D eigenvalue weighted by molar-refractivity contribution is 5.27. The smallest absolute Gasteiger partial charge is 0.104 e. The molecule has 2 aromatic heterocycles. The highest BCUT2D eigenvalue weighted by Gasteiger charge is 2.15. The normalized spacial score (nSPS) is 11.2. The number of aromatic nitrogens is 5. The summed E-state index contributed by atoms with van der Waals surface area (Å²) in [4.78, 5) is 0. The molecular weight excluding hydrogens is 240 g/mol. The molecule has 0 aliphatic heterocycles. The van der Waals surface area contributed by atoms with Crippen molar-refractivity contribution in [1.82, 2.24) is 24.8 Å². The van der Waals surface area contributed by atoms with Crippen LogP contribution in [-0.2, 0) is 32.9 Å². The van der Waals surface area contributed by atoms with Gasteiger partial charge in [0.2, 0.25) is 0 Å². The van der Waals surface area contributed by atoms with Crippen molar-refractivity contribution in [2.75, 3.05) is 6.54 Å². The Bertz CT molecular complexity index is 539. The third kappa shape index (κ3) is 2.84. The largest absolute Gasteiger partial charge is 0.330 e. The van der Waals surface area contributed by atoms with Gasteiger partial charge in [0.05, 0.1) is 12.2 Å². The molecule has 0 fully saturated rings. The molecule has 6 nitrogen and oxygen atoms in total. The van der Waals surface area contributed by atoms with Crippen LogP contribution < -0.4 is 5.73 Å². The van der Waals surface area contributed by atoms with Crippen LogP contribution in [0.2, 0.25) is 0 Å². The first-order valence-corrected chi connectivity index (χ1v) is 6.82. The van der Waals surface area contributed by atoms with Crippen molar-refractivity contribution < 1.29 is 0 Å². The number of nitrogens with two attached hydrogens (primary N) is 1. The lowest BCUT2D eigenvalue weighted by Crippen LogP contribution is -2.09. The molecule has 0 atom stereocenters. The molecule has 2 N–H and O–H groups in total. The summed E-state index contributed by atoms with van der Waals surface area (Å²) >= 11 is 0. The number of aryl methyl sites for hydroxylation is 2. The average Bonchev–Trinajstić information content (AvgIpc) is 2.94. The Balaban J connectivity index is 2.33. The first-order valence-electron chi connectivity index (χ1n) is 6.82. The Morgan fingerprint density at radius 1 is 1.26 bits per heavy atom. The summed E-state index contributed by atoms with van der Waals surface area (Å²) in [5, 5.41) is 12.8. The number of hydrogen-bond donors (Lipinski definition) is 1. The molecular formula is C13H22N6. The zero-order valence-electron chi connectivity index (χ0n) is 11.9. The average molecular weight is 262 g/mol. The van der Waals surface area contributed by atoms with Crippen molar-refractivity contribution in [3.8, 4) is 0 Å². The highest BCUT2D eigenvalue weighted by atomic mass is 15.4. The zero-order chi connectivity index (χ0) is 13.8. The van der Waals surface area contributed by atoms with Gasteiger partial charge in [-0.2, -0.15) is 5.10 Å². The van der Waals surface area contributed by atoms with E-state index in [1.54, 1.807) is 4.68 Å². The number of nitrogens with zero attached hydrogens (tertiary/aromatic N) is 5. The summed E-state index contributed by atoms with van der Waals surface area (Å²) in [6, 6.07) is 0. The van der Waals surface area contributed by atoms with E-state index in [9.17, 15) is 0 Å². The van der Waals surface area contributed by atoms with Crippen LogP contribution in [-0.4, -0.2) is 31.3 Å². The molecule has 2 aromatic rings. The molecule has 6 heteroatoms. The van der Waals surface area contributed by atoms with Crippen LogP contribution in [0.25, 0.3) is 0 Å². The van der Waals surface area contributed by atoms with E-state index in [1.807, 2.05) is 17.9 Å². The van der Waals surface area contributed by atoms with Gasteiger partial charge >= 0.3 is 0 Å². The molecule has 2 heterocycles. The third-order valence-electron chi connectivity index (χ3n) is 3.28. The Hall–Kier alpha value is -1.69. The van der Waals surface area contributed by atoms with Gasteiger partial charge in [-0.3, -0.25) is 9.36 Å². The van der Waals surface area contributed by atoms with Crippen LogP contribution in [0.3, 0.4) is 0 Å². The van der Waals surface area contributed by atoms with Crippen LogP contribution in [0.5, 0.6) is 0 Å². The predicted octanol–water partition coefficient (Wildman–Crippen LogP) is 0.686. The lowest BCUT2D eigenvalue weighted by Gasteiger charge is -2.05. The fourth-order valence-electron chi connectivity index (χ4n) is 2.45. The van der Waals surface area contributed by atoms with Gasteiger partial charge in [0.25, 0.3) is 0 Å². The van der Waals surface area contributed by atoms with Crippen molar-refractivity contribution in [3.63, 3.8) is 0 Å². The van der Waals surface area contributed by atoms with Crippen molar-refractivity contribution in [3.05, 3.63) is 28.8 Å². The molecule has 0 saturated carbocycles. The number of rotatable bonds is 6. The van der Waals surface area contributed by atoms with Gasteiger partial charge in [-0.05, 0) is 31.4 Å². The van der Waals surface area contributed by atoms with Crippen LogP contribution in [0.15, 0.2) is 6.20 Å². The first-order chi connectivity index (χ1) is 9.19. The zero-order valence-corrected chi connectivity index (χ0v) is 11.9. The molecule has 0 aliphatic carbocycles. The minimum absolute atomic E-state index is 0.664. The summed E-state index contributed by atoms with van der Waals surface area (Å²) in [5.41, 5.74) is 10.4. The van der Waals surface area contributed by atoms with E-state index in [4.69, 9.17) is 10.8 Å². The monoisotopic (exact) mass is 262 g/mol. The van der Waals surface area contributed by atoms with E-state index in [2.05, 4.69) is 24.2 Å². The van der Waals surface area contributed by atoms with Gasteiger partial charge in [-0.25, -0.2) is 0 Å². The molecule has 0 aromatic carbocycles. The molecule has 0 radical (unpaired) electrons. The van der Waals surface area contributed by atoms with E-state index in [0.29, 0.717) is 13.1 Å². The van der Waals surface area contributed by atoms with Crippen molar-refractivity contribution in [2.24, 2.45) is 12.8 Å². The Kier molecular flexibility index (Phi) is 4.31. The summed E-state index contributed by atoms with van der Waals surface area (Å²) in [7, 11) is 1.87. The van der Waals surface area contributed by atoms with E-state index in [-0.39, 0.29) is 0 Å². The predicted molar refractivity (Wildman–Crippen MR) is 73.8 cm³/mol. The minimum atomic E-state index is 0.664. The summed E-state index contributed by atoms with van der Waals surface area (Å²) < 4.78 is 3.76. The molecule has 0 aliphatic rings. The van der Waals surface area contributed by atoms with Crippen LogP contribution in [0.4, 0.5) is 0 Å². The Morgan fingerprint density at radius 3 is 2.58 bits per heavy atom. The minimum Gasteiger partial charge on any atom is -0.330 e. The molecule has 0 spiro atoms. The standard InChI is InChI=1S/C13H22N6/c1-4-12-11(6-7-14)13(5-2)19(16-12)9-10-8-18(3)17-15-10/h8H,4-7,9,14H2,1-3H3. The quantitative estimate of drug-likeness (QED) is 0.831. The van der Waals surface area contributed by atoms with E-state index in [1.165, 1.54) is 11.3 Å². The molecule has 0 amide bonds. The summed E-state index contributed by atoms with van der Waals surface area (Å²) in [5.74, 6) is 0. The second-order valence-electron chi connectivity index (χ2n) is 4.66. The van der Waals surface area contributed by atoms with Crippen LogP contribution >= 0.6 is 0 Å². The molecule has 0 saturated heterocycles. The summed E-state index contributed by atoms with van der Waals surface area (Å²) in [6.07, 6.45) is 4.72. The fraction of sp³-hybridized carbons (Fsp3) is 0.615. The first kappa shape index (κ1) is 13.7. The van der Waals surface area contributed by atoms with E-state index >= 15 is 0 Å². The van der Waals surface area contributed by atoms with Crippen LogP contribution in [0, 0.1) is 0 Å². The van der Waals surface area contributed by atoms with Crippen molar-refractivity contribution in [2.45, 2.75) is 39.7 Å². The Morgan fingerprint density at radius 2 is 2.05 bits per heavy atom. The maximum absolute atomic E-state index is 5.71. The molecule has 2 rings (SSSR count). The summed E-state index contributed by atoms with van der Waals surface area (Å²) in [6.45, 7) is 5.63. The van der Waals surface area contributed by atoms with Gasteiger partial charge in [0, 0.05) is 18.9 Å². The SMILES string of the molecule is CCc1nn(Cc2cn(C)nn2)c(CC)c1CCN. The molecule has 0 bridgehead atoms. The van der Waals surface area contributed by atoms with E-state index in [0.717, 1.165) is 30.7 Å². The second kappa shape index (κ2) is 5.97. The van der Waals surface area contributed by atoms with Gasteiger partial charge in [-0.15, -0.1) is 5.10 Å². The third-order valence-corrected chi connectivity index (χ3v) is 3.28. The van der Waals surface area contributed by atoms with Crippen molar-refractivity contribution in [1.29, 1.82) is 0 Å². The van der Waals surface area contributed by atoms with Crippen molar-refractivity contribution >= 4 is 0 Å². The number of hydrogen-bond acceptors (Lipinski definition) is 4. The van der Waals surface area contributed by atoms with Gasteiger partial charge in [-0.1, -0.05) is 19.1 Å².